The first-order valence-electron chi connectivity index (χ1n) is 5.36. The molecule has 0 fully saturated rings. The minimum Gasteiger partial charge on any atom is -0.474 e. The van der Waals surface area contributed by atoms with E-state index in [-0.39, 0.29) is 0 Å². The zero-order valence-electron chi connectivity index (χ0n) is 8.98. The van der Waals surface area contributed by atoms with E-state index in [4.69, 9.17) is 9.47 Å². The van der Waals surface area contributed by atoms with Crippen molar-refractivity contribution in [1.82, 2.24) is 4.98 Å². The van der Waals surface area contributed by atoms with Gasteiger partial charge >= 0.3 is 0 Å². The maximum Gasteiger partial charge on any atom is 0.240 e. The molecule has 2 heterocycles. The third-order valence-electron chi connectivity index (χ3n) is 2.59. The zero-order chi connectivity index (χ0) is 11.7. The van der Waals surface area contributed by atoms with Gasteiger partial charge in [-0.1, -0.05) is 18.2 Å². The fourth-order valence-electron chi connectivity index (χ4n) is 1.78. The van der Waals surface area contributed by atoms with Gasteiger partial charge in [-0.05, 0) is 24.3 Å². The van der Waals surface area contributed by atoms with Crippen molar-refractivity contribution < 1.29 is 14.6 Å². The van der Waals surface area contributed by atoms with Crippen molar-refractivity contribution in [2.24, 2.45) is 0 Å². The van der Waals surface area contributed by atoms with Gasteiger partial charge in [0.2, 0.25) is 12.4 Å². The molecule has 2 atom stereocenters. The predicted octanol–water partition coefficient (Wildman–Crippen LogP) is 1.91. The highest BCUT2D eigenvalue weighted by Crippen LogP contribution is 2.37. The lowest BCUT2D eigenvalue weighted by Gasteiger charge is -2.30. The van der Waals surface area contributed by atoms with Crippen molar-refractivity contribution in [2.75, 3.05) is 0 Å². The molecule has 0 saturated carbocycles. The Bertz CT molecular complexity index is 515. The first-order valence-corrected chi connectivity index (χ1v) is 5.36. The molecule has 0 aliphatic carbocycles. The van der Waals surface area contributed by atoms with Gasteiger partial charge in [-0.25, -0.2) is 0 Å². The monoisotopic (exact) mass is 229 g/mol. The third-order valence-corrected chi connectivity index (χ3v) is 2.59. The highest BCUT2D eigenvalue weighted by atomic mass is 16.7. The molecule has 1 aromatic heterocycles. The first kappa shape index (κ1) is 10.1. The summed E-state index contributed by atoms with van der Waals surface area (Å²) in [7, 11) is 0. The Balaban J connectivity index is 1.95. The molecule has 0 unspecified atom stereocenters. The minimum atomic E-state index is -1.04. The molecule has 0 bridgehead atoms. The molecule has 0 saturated heterocycles. The van der Waals surface area contributed by atoms with E-state index in [0.29, 0.717) is 17.2 Å². The second kappa shape index (κ2) is 4.07. The van der Waals surface area contributed by atoms with Crippen LogP contribution in [0.25, 0.3) is 0 Å². The summed E-state index contributed by atoms with van der Waals surface area (Å²) >= 11 is 0. The highest BCUT2D eigenvalue weighted by Gasteiger charge is 2.31. The summed E-state index contributed by atoms with van der Waals surface area (Å²) in [6.45, 7) is 0. The number of aliphatic hydroxyl groups excluding tert-OH is 1. The van der Waals surface area contributed by atoms with Crippen molar-refractivity contribution in [3.63, 3.8) is 0 Å². The molecule has 0 spiro atoms. The SMILES string of the molecule is O[C@H]1Oc2ccccc2O[C@@H]1c1ccccn1. The fourth-order valence-corrected chi connectivity index (χ4v) is 1.78. The summed E-state index contributed by atoms with van der Waals surface area (Å²) < 4.78 is 11.1. The molecule has 4 heteroatoms. The van der Waals surface area contributed by atoms with Crippen LogP contribution in [0.5, 0.6) is 11.5 Å². The van der Waals surface area contributed by atoms with E-state index in [0.717, 1.165) is 0 Å². The van der Waals surface area contributed by atoms with E-state index >= 15 is 0 Å². The van der Waals surface area contributed by atoms with Gasteiger partial charge in [0.15, 0.2) is 11.5 Å². The number of hydrogen-bond acceptors (Lipinski definition) is 4. The standard InChI is InChI=1S/C13H11NO3/c15-13-12(9-5-3-4-8-14-9)16-10-6-1-2-7-11(10)17-13/h1-8,12-13,15H/t12-,13+/m1/s1. The average molecular weight is 229 g/mol. The molecule has 4 nitrogen and oxygen atoms in total. The van der Waals surface area contributed by atoms with Crippen molar-refractivity contribution >= 4 is 0 Å². The van der Waals surface area contributed by atoms with E-state index in [1.807, 2.05) is 24.3 Å². The Kier molecular flexibility index (Phi) is 2.42. The molecule has 3 rings (SSSR count). The molecule has 1 aliphatic heterocycles. The molecule has 0 amide bonds. The van der Waals surface area contributed by atoms with Crippen LogP contribution in [0.3, 0.4) is 0 Å². The lowest BCUT2D eigenvalue weighted by atomic mass is 10.2. The number of hydrogen-bond donors (Lipinski definition) is 1. The number of nitrogens with zero attached hydrogens (tertiary/aromatic N) is 1. The lowest BCUT2D eigenvalue weighted by molar-refractivity contribution is -0.117. The molecule has 17 heavy (non-hydrogen) atoms. The normalized spacial score (nSPS) is 22.2. The predicted molar refractivity (Wildman–Crippen MR) is 60.7 cm³/mol. The van der Waals surface area contributed by atoms with Crippen LogP contribution in [0.4, 0.5) is 0 Å². The van der Waals surface area contributed by atoms with E-state index in [9.17, 15) is 5.11 Å². The van der Waals surface area contributed by atoms with Gasteiger partial charge in [0.1, 0.15) is 0 Å². The maximum absolute atomic E-state index is 9.88. The summed E-state index contributed by atoms with van der Waals surface area (Å²) in [6.07, 6.45) is 0.0252. The fraction of sp³-hybridized carbons (Fsp3) is 0.154. The molecule has 1 aliphatic rings. The Hall–Kier alpha value is -2.07. The van der Waals surface area contributed by atoms with E-state index in [1.165, 1.54) is 0 Å². The minimum absolute atomic E-state index is 0.548. The van der Waals surface area contributed by atoms with Crippen LogP contribution in [0.2, 0.25) is 0 Å². The molecular formula is C13H11NO3. The summed E-state index contributed by atoms with van der Waals surface area (Å²) in [5.74, 6) is 1.17. The molecule has 1 aromatic carbocycles. The van der Waals surface area contributed by atoms with E-state index in [1.54, 1.807) is 24.4 Å². The number of pyridine rings is 1. The van der Waals surface area contributed by atoms with Crippen LogP contribution in [0.1, 0.15) is 11.8 Å². The van der Waals surface area contributed by atoms with Gasteiger partial charge in [0.05, 0.1) is 5.69 Å². The number of aliphatic hydroxyl groups is 1. The largest absolute Gasteiger partial charge is 0.474 e. The van der Waals surface area contributed by atoms with Crippen LogP contribution < -0.4 is 9.47 Å². The quantitative estimate of drug-likeness (QED) is 0.811. The molecule has 2 aromatic rings. The molecule has 0 radical (unpaired) electrons. The summed E-state index contributed by atoms with van der Waals surface area (Å²) in [6, 6.07) is 12.7. The van der Waals surface area contributed by atoms with Crippen molar-refractivity contribution in [3.05, 3.63) is 54.4 Å². The molecule has 1 N–H and O–H groups in total. The number of para-hydroxylation sites is 2. The summed E-state index contributed by atoms with van der Waals surface area (Å²) in [4.78, 5) is 4.16. The highest BCUT2D eigenvalue weighted by molar-refractivity contribution is 5.41. The number of fused-ring (bicyclic) bond motifs is 1. The van der Waals surface area contributed by atoms with Gasteiger partial charge in [0.25, 0.3) is 0 Å². The van der Waals surface area contributed by atoms with Crippen molar-refractivity contribution in [3.8, 4) is 11.5 Å². The third kappa shape index (κ3) is 1.83. The van der Waals surface area contributed by atoms with Crippen LogP contribution in [-0.4, -0.2) is 16.4 Å². The van der Waals surface area contributed by atoms with Crippen LogP contribution in [-0.2, 0) is 0 Å². The van der Waals surface area contributed by atoms with Crippen LogP contribution >= 0.6 is 0 Å². The number of rotatable bonds is 1. The van der Waals surface area contributed by atoms with Crippen LogP contribution in [0.15, 0.2) is 48.7 Å². The lowest BCUT2D eigenvalue weighted by Crippen LogP contribution is -2.33. The second-order valence-electron chi connectivity index (χ2n) is 3.75. The second-order valence-corrected chi connectivity index (χ2v) is 3.75. The first-order chi connectivity index (χ1) is 8.34. The number of aromatic nitrogens is 1. The van der Waals surface area contributed by atoms with Gasteiger partial charge < -0.3 is 14.6 Å². The number of ether oxygens (including phenoxy) is 2. The summed E-state index contributed by atoms with van der Waals surface area (Å²) in [5, 5.41) is 9.88. The smallest absolute Gasteiger partial charge is 0.240 e. The Morgan fingerprint density at radius 1 is 0.941 bits per heavy atom. The summed E-state index contributed by atoms with van der Waals surface area (Å²) in [5.41, 5.74) is 0.648. The van der Waals surface area contributed by atoms with Gasteiger partial charge in [-0.15, -0.1) is 0 Å². The van der Waals surface area contributed by atoms with Crippen molar-refractivity contribution in [2.45, 2.75) is 12.4 Å². The topological polar surface area (TPSA) is 51.6 Å². The van der Waals surface area contributed by atoms with Crippen LogP contribution in [0, 0.1) is 0 Å². The van der Waals surface area contributed by atoms with Gasteiger partial charge in [0, 0.05) is 6.20 Å². The Morgan fingerprint density at radius 2 is 1.65 bits per heavy atom. The Morgan fingerprint density at radius 3 is 2.35 bits per heavy atom. The van der Waals surface area contributed by atoms with E-state index < -0.39 is 12.4 Å². The average Bonchev–Trinajstić information content (AvgIpc) is 2.39. The van der Waals surface area contributed by atoms with Gasteiger partial charge in [-0.3, -0.25) is 4.98 Å². The Labute approximate surface area is 98.5 Å². The molecular weight excluding hydrogens is 218 g/mol. The molecule has 86 valence electrons. The van der Waals surface area contributed by atoms with E-state index in [2.05, 4.69) is 4.98 Å². The van der Waals surface area contributed by atoms with Crippen molar-refractivity contribution in [1.29, 1.82) is 0 Å². The number of benzene rings is 1. The maximum atomic E-state index is 9.88. The van der Waals surface area contributed by atoms with Gasteiger partial charge in [-0.2, -0.15) is 0 Å². The zero-order valence-corrected chi connectivity index (χ0v) is 8.98.